The van der Waals surface area contributed by atoms with E-state index in [9.17, 15) is 9.59 Å². The van der Waals surface area contributed by atoms with E-state index >= 15 is 0 Å². The van der Waals surface area contributed by atoms with E-state index in [1.165, 1.54) is 6.42 Å². The number of nitrogens with one attached hydrogen (secondary N) is 1. The van der Waals surface area contributed by atoms with Gasteiger partial charge in [-0.15, -0.1) is 0 Å². The molecule has 1 aliphatic carbocycles. The summed E-state index contributed by atoms with van der Waals surface area (Å²) in [6.07, 6.45) is 5.40. The predicted molar refractivity (Wildman–Crippen MR) is 101 cm³/mol. The quantitative estimate of drug-likeness (QED) is 0.697. The number of primary amides is 1. The van der Waals surface area contributed by atoms with E-state index in [4.69, 9.17) is 5.73 Å². The molecule has 2 aromatic carbocycles. The van der Waals surface area contributed by atoms with Gasteiger partial charge in [-0.25, -0.2) is 4.98 Å². The van der Waals surface area contributed by atoms with Gasteiger partial charge in [0.25, 0.3) is 0 Å². The minimum atomic E-state index is -0.476. The van der Waals surface area contributed by atoms with Crippen molar-refractivity contribution in [3.05, 3.63) is 53.6 Å². The number of rotatable bonds is 4. The maximum atomic E-state index is 13.0. The molecule has 0 saturated heterocycles. The maximum absolute atomic E-state index is 13.0. The molecular weight excluding hydrogens is 326 g/mol. The number of Topliss-reactive ketones (excluding diaryl/α,β-unsaturated/α-hetero) is 1. The summed E-state index contributed by atoms with van der Waals surface area (Å²) in [5.74, 6) is 0.478. The van der Waals surface area contributed by atoms with Crippen molar-refractivity contribution in [1.82, 2.24) is 9.97 Å². The fourth-order valence-corrected chi connectivity index (χ4v) is 3.78. The molecule has 3 aromatic rings. The summed E-state index contributed by atoms with van der Waals surface area (Å²) < 4.78 is 0. The Hall–Kier alpha value is -2.95. The van der Waals surface area contributed by atoms with E-state index in [-0.39, 0.29) is 11.7 Å². The number of aromatic nitrogens is 2. The molecule has 5 heteroatoms. The third-order valence-corrected chi connectivity index (χ3v) is 5.19. The first-order valence-corrected chi connectivity index (χ1v) is 9.06. The molecule has 1 aliphatic rings. The highest BCUT2D eigenvalue weighted by Gasteiger charge is 2.25. The topological polar surface area (TPSA) is 88.8 Å². The van der Waals surface area contributed by atoms with Gasteiger partial charge in [-0.2, -0.15) is 0 Å². The van der Waals surface area contributed by atoms with Gasteiger partial charge in [0.1, 0.15) is 5.82 Å². The van der Waals surface area contributed by atoms with Crippen molar-refractivity contribution in [1.29, 1.82) is 0 Å². The van der Waals surface area contributed by atoms with Gasteiger partial charge >= 0.3 is 0 Å². The lowest BCUT2D eigenvalue weighted by Gasteiger charge is -2.21. The minimum Gasteiger partial charge on any atom is -0.366 e. The summed E-state index contributed by atoms with van der Waals surface area (Å²) in [4.78, 5) is 32.3. The summed E-state index contributed by atoms with van der Waals surface area (Å²) >= 11 is 0. The summed E-state index contributed by atoms with van der Waals surface area (Å²) in [5, 5.41) is 0. The Labute approximate surface area is 151 Å². The molecule has 26 heavy (non-hydrogen) atoms. The third kappa shape index (κ3) is 3.01. The lowest BCUT2D eigenvalue weighted by molar-refractivity contribution is 0.0889. The van der Waals surface area contributed by atoms with Gasteiger partial charge in [0.15, 0.2) is 5.78 Å². The summed E-state index contributed by atoms with van der Waals surface area (Å²) in [6.45, 7) is 0. The molecule has 1 heterocycles. The molecule has 0 spiro atoms. The number of nitrogens with zero attached hydrogens (tertiary/aromatic N) is 1. The largest absolute Gasteiger partial charge is 0.366 e. The van der Waals surface area contributed by atoms with Crippen molar-refractivity contribution in [3.8, 4) is 11.4 Å². The summed E-state index contributed by atoms with van der Waals surface area (Å²) in [6, 6.07) is 12.7. The van der Waals surface area contributed by atoms with E-state index in [2.05, 4.69) is 9.97 Å². The van der Waals surface area contributed by atoms with Crippen LogP contribution in [0.5, 0.6) is 0 Å². The molecule has 0 radical (unpaired) electrons. The van der Waals surface area contributed by atoms with Crippen LogP contribution in [0.1, 0.15) is 52.8 Å². The predicted octanol–water partition coefficient (Wildman–Crippen LogP) is 4.09. The van der Waals surface area contributed by atoms with Crippen molar-refractivity contribution in [3.63, 3.8) is 0 Å². The molecule has 1 saturated carbocycles. The molecule has 3 N–H and O–H groups in total. The first-order chi connectivity index (χ1) is 12.6. The highest BCUT2D eigenvalue weighted by molar-refractivity contribution is 6.03. The Morgan fingerprint density at radius 1 is 1.04 bits per heavy atom. The number of hydrogen-bond acceptors (Lipinski definition) is 3. The van der Waals surface area contributed by atoms with Crippen LogP contribution in [0, 0.1) is 5.92 Å². The first-order valence-electron chi connectivity index (χ1n) is 9.06. The molecular formula is C21H21N3O2. The van der Waals surface area contributed by atoms with Gasteiger partial charge in [-0.05, 0) is 31.0 Å². The van der Waals surface area contributed by atoms with E-state index in [1.807, 2.05) is 24.3 Å². The molecule has 0 unspecified atom stereocenters. The Morgan fingerprint density at radius 2 is 1.81 bits per heavy atom. The summed E-state index contributed by atoms with van der Waals surface area (Å²) in [7, 11) is 0. The van der Waals surface area contributed by atoms with E-state index in [0.717, 1.165) is 42.3 Å². The number of carbonyl (C=O) groups is 2. The molecule has 1 fully saturated rings. The van der Waals surface area contributed by atoms with E-state index in [1.54, 1.807) is 18.2 Å². The van der Waals surface area contributed by atoms with Crippen molar-refractivity contribution in [2.24, 2.45) is 11.7 Å². The Bertz CT molecular complexity index is 984. The Balaban J connectivity index is 1.75. The van der Waals surface area contributed by atoms with E-state index < -0.39 is 5.91 Å². The fraction of sp³-hybridized carbons (Fsp3) is 0.286. The average Bonchev–Trinajstić information content (AvgIpc) is 3.11. The average molecular weight is 347 g/mol. The molecule has 4 rings (SSSR count). The highest BCUT2D eigenvalue weighted by Crippen LogP contribution is 2.31. The third-order valence-electron chi connectivity index (χ3n) is 5.19. The van der Waals surface area contributed by atoms with Gasteiger partial charge in [-0.3, -0.25) is 9.59 Å². The Kier molecular flexibility index (Phi) is 4.29. The molecule has 1 aromatic heterocycles. The van der Waals surface area contributed by atoms with Crippen LogP contribution < -0.4 is 5.73 Å². The molecule has 0 atom stereocenters. The zero-order chi connectivity index (χ0) is 18.1. The normalized spacial score (nSPS) is 15.2. The number of ketones is 1. The first kappa shape index (κ1) is 16.5. The van der Waals surface area contributed by atoms with Crippen LogP contribution >= 0.6 is 0 Å². The number of H-pyrrole nitrogens is 1. The summed E-state index contributed by atoms with van der Waals surface area (Å²) in [5.41, 5.74) is 8.78. The lowest BCUT2D eigenvalue weighted by Crippen LogP contribution is -2.18. The second-order valence-electron chi connectivity index (χ2n) is 6.93. The number of aromatic amines is 1. The highest BCUT2D eigenvalue weighted by atomic mass is 16.1. The Morgan fingerprint density at radius 3 is 2.58 bits per heavy atom. The molecule has 0 aliphatic heterocycles. The van der Waals surface area contributed by atoms with Crippen molar-refractivity contribution in [2.45, 2.75) is 32.1 Å². The fourth-order valence-electron chi connectivity index (χ4n) is 3.78. The van der Waals surface area contributed by atoms with Gasteiger partial charge in [-0.1, -0.05) is 43.5 Å². The van der Waals surface area contributed by atoms with Crippen molar-refractivity contribution >= 4 is 22.7 Å². The monoisotopic (exact) mass is 347 g/mol. The van der Waals surface area contributed by atoms with Crippen molar-refractivity contribution < 1.29 is 9.59 Å². The number of carbonyl (C=O) groups excluding carboxylic acids is 2. The van der Waals surface area contributed by atoms with E-state index in [0.29, 0.717) is 17.0 Å². The maximum Gasteiger partial charge on any atom is 0.248 e. The van der Waals surface area contributed by atoms with Crippen LogP contribution in [-0.2, 0) is 0 Å². The second kappa shape index (κ2) is 6.75. The standard InChI is InChI=1S/C21H21N3O2/c22-20(26)14-10-11-17-18(12-14)24-21(23-17)16-9-5-4-8-15(16)19(25)13-6-2-1-3-7-13/h4-5,8-13H,1-3,6-7H2,(H2,22,26)(H,23,24). The van der Waals surface area contributed by atoms with Crippen LogP contribution in [0.2, 0.25) is 0 Å². The van der Waals surface area contributed by atoms with Crippen LogP contribution in [0.3, 0.4) is 0 Å². The SMILES string of the molecule is NC(=O)c1ccc2nc(-c3ccccc3C(=O)C3CCCCC3)[nH]c2c1. The lowest BCUT2D eigenvalue weighted by atomic mass is 9.83. The zero-order valence-electron chi connectivity index (χ0n) is 14.5. The minimum absolute atomic E-state index is 0.107. The molecule has 1 amide bonds. The van der Waals surface area contributed by atoms with Crippen LogP contribution in [0.4, 0.5) is 0 Å². The number of hydrogen-bond donors (Lipinski definition) is 2. The number of fused-ring (bicyclic) bond motifs is 1. The molecule has 132 valence electrons. The van der Waals surface area contributed by atoms with Gasteiger partial charge in [0.05, 0.1) is 11.0 Å². The van der Waals surface area contributed by atoms with Crippen LogP contribution in [0.15, 0.2) is 42.5 Å². The van der Waals surface area contributed by atoms with Gasteiger partial charge < -0.3 is 10.7 Å². The number of amides is 1. The zero-order valence-corrected chi connectivity index (χ0v) is 14.5. The molecule has 5 nitrogen and oxygen atoms in total. The smallest absolute Gasteiger partial charge is 0.248 e. The second-order valence-corrected chi connectivity index (χ2v) is 6.93. The number of nitrogens with two attached hydrogens (primary N) is 1. The van der Waals surface area contributed by atoms with Gasteiger partial charge in [0.2, 0.25) is 5.91 Å². The number of imidazole rings is 1. The van der Waals surface area contributed by atoms with Crippen LogP contribution in [0.25, 0.3) is 22.4 Å². The number of benzene rings is 2. The van der Waals surface area contributed by atoms with Crippen LogP contribution in [-0.4, -0.2) is 21.7 Å². The van der Waals surface area contributed by atoms with Crippen molar-refractivity contribution in [2.75, 3.05) is 0 Å². The van der Waals surface area contributed by atoms with Gasteiger partial charge in [0, 0.05) is 22.6 Å². The molecule has 0 bridgehead atoms.